The number of ether oxygens (including phenoxy) is 2. The fourth-order valence-corrected chi connectivity index (χ4v) is 1.23. The second kappa shape index (κ2) is 4.15. The lowest BCUT2D eigenvalue weighted by atomic mass is 10.0. The number of aliphatic hydroxyl groups excluding tert-OH is 3. The average Bonchev–Trinajstić information content (AvgIpc) is 2.09. The van der Waals surface area contributed by atoms with Gasteiger partial charge in [-0.3, -0.25) is 0 Å². The summed E-state index contributed by atoms with van der Waals surface area (Å²) in [6, 6.07) is 0. The molecule has 1 saturated heterocycles. The van der Waals surface area contributed by atoms with Gasteiger partial charge in [0, 0.05) is 13.5 Å². The molecule has 0 saturated carbocycles. The van der Waals surface area contributed by atoms with Crippen LogP contribution in [-0.4, -0.2) is 53.6 Å². The number of rotatable bonds is 2. The smallest absolute Gasteiger partial charge is 0.186 e. The normalized spacial score (nSPS) is 43.0. The maximum Gasteiger partial charge on any atom is 0.186 e. The summed E-state index contributed by atoms with van der Waals surface area (Å²) in [7, 11) is 1.38. The van der Waals surface area contributed by atoms with Crippen LogP contribution < -0.4 is 0 Å². The summed E-state index contributed by atoms with van der Waals surface area (Å²) < 4.78 is 9.85. The van der Waals surface area contributed by atoms with Crippen molar-refractivity contribution >= 4 is 0 Å². The van der Waals surface area contributed by atoms with Crippen molar-refractivity contribution in [1.29, 1.82) is 0 Å². The van der Waals surface area contributed by atoms with Crippen molar-refractivity contribution < 1.29 is 24.8 Å². The summed E-state index contributed by atoms with van der Waals surface area (Å²) >= 11 is 0. The molecule has 1 heterocycles. The molecule has 0 radical (unpaired) electrons. The Balaban J connectivity index is 2.52. The van der Waals surface area contributed by atoms with Gasteiger partial charge in [-0.05, 0) is 0 Å². The summed E-state index contributed by atoms with van der Waals surface area (Å²) in [4.78, 5) is 0. The lowest BCUT2D eigenvalue weighted by molar-refractivity contribution is -0.262. The third kappa shape index (κ3) is 1.94. The largest absolute Gasteiger partial charge is 0.394 e. The van der Waals surface area contributed by atoms with Crippen LogP contribution in [0, 0.1) is 0 Å². The van der Waals surface area contributed by atoms with Gasteiger partial charge in [-0.25, -0.2) is 0 Å². The Hall–Kier alpha value is -0.200. The van der Waals surface area contributed by atoms with E-state index >= 15 is 0 Å². The first-order valence-corrected chi connectivity index (χ1v) is 3.84. The Morgan fingerprint density at radius 1 is 1.50 bits per heavy atom. The average molecular weight is 178 g/mol. The van der Waals surface area contributed by atoms with E-state index in [1.54, 1.807) is 0 Å². The van der Waals surface area contributed by atoms with E-state index in [1.165, 1.54) is 7.11 Å². The third-order valence-corrected chi connectivity index (χ3v) is 1.94. The maximum absolute atomic E-state index is 9.27. The van der Waals surface area contributed by atoms with Crippen molar-refractivity contribution in [2.75, 3.05) is 13.7 Å². The van der Waals surface area contributed by atoms with Gasteiger partial charge in [0.25, 0.3) is 0 Å². The second-order valence-corrected chi connectivity index (χ2v) is 2.84. The number of methoxy groups -OCH3 is 1. The SMILES string of the molecule is CO[C@H]1O[C@H](CO)C[C@H](O)[C@@H]1O. The molecule has 0 amide bonds. The topological polar surface area (TPSA) is 79.2 Å². The first-order chi connectivity index (χ1) is 5.69. The van der Waals surface area contributed by atoms with Crippen molar-refractivity contribution in [2.45, 2.75) is 31.0 Å². The standard InChI is InChI=1S/C7H14O5/c1-11-7-6(10)5(9)2-4(3-8)12-7/h4-10H,2-3H2,1H3/t4-,5-,6-,7-/m0/s1. The summed E-state index contributed by atoms with van der Waals surface area (Å²) in [5.74, 6) is 0. The highest BCUT2D eigenvalue weighted by Gasteiger charge is 2.36. The quantitative estimate of drug-likeness (QED) is 0.477. The lowest BCUT2D eigenvalue weighted by Gasteiger charge is -2.35. The van der Waals surface area contributed by atoms with Crippen LogP contribution in [0.1, 0.15) is 6.42 Å². The fraction of sp³-hybridized carbons (Fsp3) is 1.00. The third-order valence-electron chi connectivity index (χ3n) is 1.94. The van der Waals surface area contributed by atoms with Crippen molar-refractivity contribution in [2.24, 2.45) is 0 Å². The van der Waals surface area contributed by atoms with Gasteiger partial charge in [-0.2, -0.15) is 0 Å². The Labute approximate surface area is 70.5 Å². The van der Waals surface area contributed by atoms with E-state index in [-0.39, 0.29) is 13.0 Å². The molecule has 0 spiro atoms. The van der Waals surface area contributed by atoms with E-state index in [1.807, 2.05) is 0 Å². The van der Waals surface area contributed by atoms with Crippen LogP contribution in [0.15, 0.2) is 0 Å². The molecule has 1 rings (SSSR count). The van der Waals surface area contributed by atoms with E-state index in [0.29, 0.717) is 0 Å². The van der Waals surface area contributed by atoms with E-state index in [0.717, 1.165) is 0 Å². The van der Waals surface area contributed by atoms with Crippen LogP contribution in [0.25, 0.3) is 0 Å². The molecule has 4 atom stereocenters. The molecule has 0 aromatic heterocycles. The highest BCUT2D eigenvalue weighted by atomic mass is 16.7. The molecule has 72 valence electrons. The van der Waals surface area contributed by atoms with E-state index in [2.05, 4.69) is 0 Å². The van der Waals surface area contributed by atoms with Crippen LogP contribution in [0.5, 0.6) is 0 Å². The maximum atomic E-state index is 9.27. The van der Waals surface area contributed by atoms with Crippen LogP contribution in [0.2, 0.25) is 0 Å². The van der Waals surface area contributed by atoms with E-state index in [9.17, 15) is 10.2 Å². The molecule has 1 aliphatic rings. The van der Waals surface area contributed by atoms with Gasteiger partial charge < -0.3 is 24.8 Å². The molecule has 1 aliphatic heterocycles. The molecule has 0 aromatic carbocycles. The number of hydrogen-bond acceptors (Lipinski definition) is 5. The van der Waals surface area contributed by atoms with Crippen molar-refractivity contribution in [3.8, 4) is 0 Å². The minimum absolute atomic E-state index is 0.177. The van der Waals surface area contributed by atoms with Crippen LogP contribution >= 0.6 is 0 Å². The Morgan fingerprint density at radius 2 is 2.17 bits per heavy atom. The van der Waals surface area contributed by atoms with Gasteiger partial charge in [0.05, 0.1) is 18.8 Å². The van der Waals surface area contributed by atoms with Crippen LogP contribution in [0.3, 0.4) is 0 Å². The summed E-state index contributed by atoms with van der Waals surface area (Å²) in [6.07, 6.45) is -2.98. The first-order valence-electron chi connectivity index (χ1n) is 3.84. The second-order valence-electron chi connectivity index (χ2n) is 2.84. The van der Waals surface area contributed by atoms with Gasteiger partial charge in [0.1, 0.15) is 6.10 Å². The van der Waals surface area contributed by atoms with Gasteiger partial charge in [-0.1, -0.05) is 0 Å². The number of hydrogen-bond donors (Lipinski definition) is 3. The molecule has 0 aliphatic carbocycles. The molecular weight excluding hydrogens is 164 g/mol. The van der Waals surface area contributed by atoms with Crippen molar-refractivity contribution in [1.82, 2.24) is 0 Å². The van der Waals surface area contributed by atoms with Gasteiger partial charge in [0.2, 0.25) is 0 Å². The summed E-state index contributed by atoms with van der Waals surface area (Å²) in [6.45, 7) is -0.177. The first kappa shape index (κ1) is 9.88. The Morgan fingerprint density at radius 3 is 2.67 bits per heavy atom. The Kier molecular flexibility index (Phi) is 3.42. The zero-order valence-electron chi connectivity index (χ0n) is 6.88. The zero-order valence-corrected chi connectivity index (χ0v) is 6.88. The molecule has 5 heteroatoms. The highest BCUT2D eigenvalue weighted by molar-refractivity contribution is 4.80. The molecule has 3 N–H and O–H groups in total. The zero-order chi connectivity index (χ0) is 9.14. The van der Waals surface area contributed by atoms with Gasteiger partial charge in [-0.15, -0.1) is 0 Å². The molecule has 0 aromatic rings. The predicted octanol–water partition coefficient (Wildman–Crippen LogP) is -1.54. The van der Waals surface area contributed by atoms with E-state index in [4.69, 9.17) is 14.6 Å². The monoisotopic (exact) mass is 178 g/mol. The fourth-order valence-electron chi connectivity index (χ4n) is 1.23. The summed E-state index contributed by atoms with van der Waals surface area (Å²) in [5, 5.41) is 27.3. The molecule has 0 unspecified atom stereocenters. The molecule has 1 fully saturated rings. The van der Waals surface area contributed by atoms with Gasteiger partial charge in [0.15, 0.2) is 6.29 Å². The highest BCUT2D eigenvalue weighted by Crippen LogP contribution is 2.20. The van der Waals surface area contributed by atoms with E-state index < -0.39 is 24.6 Å². The molecule has 12 heavy (non-hydrogen) atoms. The number of aliphatic hydroxyl groups is 3. The summed E-state index contributed by atoms with van der Waals surface area (Å²) in [5.41, 5.74) is 0. The minimum Gasteiger partial charge on any atom is -0.394 e. The van der Waals surface area contributed by atoms with Crippen molar-refractivity contribution in [3.63, 3.8) is 0 Å². The Bertz CT molecular complexity index is 140. The predicted molar refractivity (Wildman–Crippen MR) is 39.4 cm³/mol. The van der Waals surface area contributed by atoms with Gasteiger partial charge >= 0.3 is 0 Å². The molecule has 0 bridgehead atoms. The molecule has 5 nitrogen and oxygen atoms in total. The van der Waals surface area contributed by atoms with Crippen molar-refractivity contribution in [3.05, 3.63) is 0 Å². The minimum atomic E-state index is -1.03. The lowest BCUT2D eigenvalue weighted by Crippen LogP contribution is -2.49. The molecular formula is C7H14O5. The van der Waals surface area contributed by atoms with Crippen LogP contribution in [0.4, 0.5) is 0 Å². The van der Waals surface area contributed by atoms with Crippen LogP contribution in [-0.2, 0) is 9.47 Å².